The van der Waals surface area contributed by atoms with Crippen LogP contribution >= 0.6 is 11.6 Å². The van der Waals surface area contributed by atoms with E-state index in [9.17, 15) is 4.79 Å². The van der Waals surface area contributed by atoms with E-state index in [0.29, 0.717) is 34.5 Å². The monoisotopic (exact) mass is 268 g/mol. The molecule has 1 heterocycles. The van der Waals surface area contributed by atoms with Crippen molar-refractivity contribution in [2.45, 2.75) is 6.42 Å². The second kappa shape index (κ2) is 5.31. The Morgan fingerprint density at radius 2 is 2.11 bits per heavy atom. The molecule has 0 atom stereocenters. The van der Waals surface area contributed by atoms with E-state index in [0.717, 1.165) is 6.42 Å². The molecule has 2 rings (SSSR count). The largest absolute Gasteiger partial charge is 0.493 e. The Kier molecular flexibility index (Phi) is 3.77. The van der Waals surface area contributed by atoms with E-state index in [1.807, 2.05) is 0 Å². The van der Waals surface area contributed by atoms with E-state index < -0.39 is 0 Å². The van der Waals surface area contributed by atoms with Crippen molar-refractivity contribution in [2.75, 3.05) is 20.8 Å². The van der Waals surface area contributed by atoms with Crippen LogP contribution in [0.3, 0.4) is 0 Å². The molecule has 1 aliphatic heterocycles. The summed E-state index contributed by atoms with van der Waals surface area (Å²) >= 11 is 6.05. The molecule has 0 unspecified atom stereocenters. The topological polar surface area (TPSA) is 44.8 Å². The van der Waals surface area contributed by atoms with Gasteiger partial charge in [0.2, 0.25) is 5.78 Å². The lowest BCUT2D eigenvalue weighted by molar-refractivity contribution is 0.0942. The molecule has 4 nitrogen and oxygen atoms in total. The predicted octanol–water partition coefficient (Wildman–Crippen LogP) is 2.84. The van der Waals surface area contributed by atoms with Gasteiger partial charge in [0.15, 0.2) is 17.3 Å². The van der Waals surface area contributed by atoms with Gasteiger partial charge in [-0.1, -0.05) is 11.6 Å². The summed E-state index contributed by atoms with van der Waals surface area (Å²) in [4.78, 5) is 12.1. The van der Waals surface area contributed by atoms with Gasteiger partial charge in [0, 0.05) is 12.0 Å². The molecule has 18 heavy (non-hydrogen) atoms. The van der Waals surface area contributed by atoms with Gasteiger partial charge in [0.25, 0.3) is 0 Å². The van der Waals surface area contributed by atoms with E-state index in [1.165, 1.54) is 14.2 Å². The zero-order valence-corrected chi connectivity index (χ0v) is 10.9. The molecule has 0 amide bonds. The Bertz CT molecular complexity index is 508. The highest BCUT2D eigenvalue weighted by Crippen LogP contribution is 2.36. The third-order valence-corrected chi connectivity index (χ3v) is 2.91. The number of ether oxygens (including phenoxy) is 3. The van der Waals surface area contributed by atoms with Crippen LogP contribution < -0.4 is 9.47 Å². The van der Waals surface area contributed by atoms with Crippen molar-refractivity contribution in [3.8, 4) is 11.5 Å². The average molecular weight is 269 g/mol. The quantitative estimate of drug-likeness (QED) is 0.788. The first kappa shape index (κ1) is 12.8. The maximum atomic E-state index is 12.1. The number of halogens is 1. The van der Waals surface area contributed by atoms with Gasteiger partial charge in [-0.2, -0.15) is 0 Å². The summed E-state index contributed by atoms with van der Waals surface area (Å²) in [6, 6.07) is 3.14. The number of Topliss-reactive ketones (excluding diaryl/α,β-unsaturated/α-hetero) is 1. The summed E-state index contributed by atoms with van der Waals surface area (Å²) in [6.07, 6.45) is 2.52. The summed E-state index contributed by atoms with van der Waals surface area (Å²) in [5.41, 5.74) is 0.422. The molecule has 1 aromatic rings. The number of allylic oxidation sites excluding steroid dienone is 1. The van der Waals surface area contributed by atoms with Crippen LogP contribution in [0.2, 0.25) is 5.02 Å². The minimum absolute atomic E-state index is 0.199. The van der Waals surface area contributed by atoms with Crippen molar-refractivity contribution in [1.82, 2.24) is 0 Å². The predicted molar refractivity (Wildman–Crippen MR) is 67.5 cm³/mol. The smallest absolute Gasteiger partial charge is 0.227 e. The van der Waals surface area contributed by atoms with Crippen LogP contribution in [0.5, 0.6) is 11.5 Å². The third-order valence-electron chi connectivity index (χ3n) is 2.62. The lowest BCUT2D eigenvalue weighted by atomic mass is 10.1. The Labute approximate surface area is 110 Å². The number of carbonyl (C=O) groups excluding carboxylic acids is 1. The molecule has 0 saturated heterocycles. The van der Waals surface area contributed by atoms with Crippen molar-refractivity contribution in [2.24, 2.45) is 0 Å². The highest BCUT2D eigenvalue weighted by molar-refractivity contribution is 6.33. The fourth-order valence-electron chi connectivity index (χ4n) is 1.77. The number of benzene rings is 1. The number of ketones is 1. The number of carbonyl (C=O) groups is 1. The van der Waals surface area contributed by atoms with Crippen LogP contribution in [-0.4, -0.2) is 26.6 Å². The maximum Gasteiger partial charge on any atom is 0.227 e. The normalized spacial score (nSPS) is 13.8. The summed E-state index contributed by atoms with van der Waals surface area (Å²) < 4.78 is 15.5. The second-order valence-corrected chi connectivity index (χ2v) is 4.14. The minimum atomic E-state index is -0.199. The highest BCUT2D eigenvalue weighted by atomic mass is 35.5. The fourth-order valence-corrected chi connectivity index (χ4v) is 2.06. The lowest BCUT2D eigenvalue weighted by Gasteiger charge is -2.11. The van der Waals surface area contributed by atoms with Crippen LogP contribution in [0.1, 0.15) is 16.8 Å². The molecule has 0 N–H and O–H groups in total. The standard InChI is InChI=1S/C13H13ClO4/c1-16-11-7-8(6-9(14)13(11)17-2)12(15)10-4-3-5-18-10/h4,6-7H,3,5H2,1-2H3. The van der Waals surface area contributed by atoms with Crippen LogP contribution in [0.25, 0.3) is 0 Å². The molecule has 5 heteroatoms. The van der Waals surface area contributed by atoms with Crippen LogP contribution in [0.15, 0.2) is 24.0 Å². The first-order chi connectivity index (χ1) is 8.67. The maximum absolute atomic E-state index is 12.1. The van der Waals surface area contributed by atoms with Gasteiger partial charge in [-0.3, -0.25) is 4.79 Å². The minimum Gasteiger partial charge on any atom is -0.493 e. The molecular weight excluding hydrogens is 256 g/mol. The molecule has 0 spiro atoms. The number of hydrogen-bond donors (Lipinski definition) is 0. The first-order valence-corrected chi connectivity index (χ1v) is 5.84. The van der Waals surface area contributed by atoms with E-state index >= 15 is 0 Å². The van der Waals surface area contributed by atoms with Gasteiger partial charge >= 0.3 is 0 Å². The molecule has 0 aromatic heterocycles. The number of methoxy groups -OCH3 is 2. The molecule has 96 valence electrons. The average Bonchev–Trinajstić information content (AvgIpc) is 2.90. The Hall–Kier alpha value is -1.68. The Morgan fingerprint density at radius 3 is 2.67 bits per heavy atom. The Morgan fingerprint density at radius 1 is 1.33 bits per heavy atom. The van der Waals surface area contributed by atoms with Gasteiger partial charge < -0.3 is 14.2 Å². The highest BCUT2D eigenvalue weighted by Gasteiger charge is 2.20. The molecule has 1 aromatic carbocycles. The zero-order chi connectivity index (χ0) is 13.1. The fraction of sp³-hybridized carbons (Fsp3) is 0.308. The molecule has 0 aliphatic carbocycles. The SMILES string of the molecule is COc1cc(C(=O)C2=CCCO2)cc(Cl)c1OC. The summed E-state index contributed by atoms with van der Waals surface area (Å²) in [5.74, 6) is 0.998. The van der Waals surface area contributed by atoms with Gasteiger partial charge in [-0.05, 0) is 18.2 Å². The van der Waals surface area contributed by atoms with Gasteiger partial charge in [-0.15, -0.1) is 0 Å². The summed E-state index contributed by atoms with van der Waals surface area (Å²) in [7, 11) is 2.99. The first-order valence-electron chi connectivity index (χ1n) is 5.46. The molecule has 0 bridgehead atoms. The van der Waals surface area contributed by atoms with Crippen LogP contribution in [-0.2, 0) is 4.74 Å². The number of rotatable bonds is 4. The van der Waals surface area contributed by atoms with Crippen molar-refractivity contribution in [3.63, 3.8) is 0 Å². The second-order valence-electron chi connectivity index (χ2n) is 3.73. The van der Waals surface area contributed by atoms with E-state index in [1.54, 1.807) is 18.2 Å². The van der Waals surface area contributed by atoms with Crippen molar-refractivity contribution < 1.29 is 19.0 Å². The van der Waals surface area contributed by atoms with E-state index in [4.69, 9.17) is 25.8 Å². The van der Waals surface area contributed by atoms with E-state index in [-0.39, 0.29) is 5.78 Å². The molecule has 1 aliphatic rings. The van der Waals surface area contributed by atoms with Crippen molar-refractivity contribution >= 4 is 17.4 Å². The molecule has 0 saturated carbocycles. The Balaban J connectivity index is 2.40. The van der Waals surface area contributed by atoms with Gasteiger partial charge in [-0.25, -0.2) is 0 Å². The van der Waals surface area contributed by atoms with Crippen LogP contribution in [0, 0.1) is 0 Å². The summed E-state index contributed by atoms with van der Waals surface area (Å²) in [6.45, 7) is 0.544. The molecule has 0 radical (unpaired) electrons. The van der Waals surface area contributed by atoms with Crippen molar-refractivity contribution in [3.05, 3.63) is 34.6 Å². The zero-order valence-electron chi connectivity index (χ0n) is 10.2. The van der Waals surface area contributed by atoms with E-state index in [2.05, 4.69) is 0 Å². The third kappa shape index (κ3) is 2.29. The lowest BCUT2D eigenvalue weighted by Crippen LogP contribution is -2.05. The van der Waals surface area contributed by atoms with Crippen molar-refractivity contribution in [1.29, 1.82) is 0 Å². The van der Waals surface area contributed by atoms with Gasteiger partial charge in [0.05, 0.1) is 25.8 Å². The molecule has 0 fully saturated rings. The summed E-state index contributed by atoms with van der Waals surface area (Å²) in [5, 5.41) is 0.332. The number of hydrogen-bond acceptors (Lipinski definition) is 4. The van der Waals surface area contributed by atoms with Gasteiger partial charge in [0.1, 0.15) is 0 Å². The molecular formula is C13H13ClO4. The van der Waals surface area contributed by atoms with Crippen LogP contribution in [0.4, 0.5) is 0 Å².